The second-order valence-corrected chi connectivity index (χ2v) is 6.96. The van der Waals surface area contributed by atoms with Gasteiger partial charge in [-0.05, 0) is 71.2 Å². The van der Waals surface area contributed by atoms with Crippen LogP contribution in [-0.2, 0) is 11.2 Å². The van der Waals surface area contributed by atoms with Crippen LogP contribution in [0.4, 0.5) is 5.82 Å². The number of hydrogen-bond donors (Lipinski definition) is 2. The Morgan fingerprint density at radius 1 is 1.36 bits per heavy atom. The average molecular weight is 304 g/mol. The predicted octanol–water partition coefficient (Wildman–Crippen LogP) is 2.81. The van der Waals surface area contributed by atoms with Crippen molar-refractivity contribution in [2.24, 2.45) is 5.92 Å². The first kappa shape index (κ1) is 16.7. The second kappa shape index (κ2) is 7.09. The van der Waals surface area contributed by atoms with E-state index in [1.807, 2.05) is 40.0 Å². The summed E-state index contributed by atoms with van der Waals surface area (Å²) in [4.78, 5) is 6.39. The molecule has 2 rings (SSSR count). The molecule has 1 aliphatic rings. The molecule has 0 aliphatic carbocycles. The van der Waals surface area contributed by atoms with E-state index < -0.39 is 0 Å². The fourth-order valence-electron chi connectivity index (χ4n) is 2.61. The number of hydrogen-bond acceptors (Lipinski definition) is 4. The lowest BCUT2D eigenvalue weighted by molar-refractivity contribution is 0.111. The van der Waals surface area contributed by atoms with Gasteiger partial charge < -0.3 is 10.1 Å². The van der Waals surface area contributed by atoms with Crippen molar-refractivity contribution in [1.29, 1.82) is 5.41 Å². The highest BCUT2D eigenvalue weighted by molar-refractivity contribution is 5.87. The molecule has 1 aromatic rings. The van der Waals surface area contributed by atoms with Crippen molar-refractivity contribution in [2.45, 2.75) is 45.6 Å². The quantitative estimate of drug-likeness (QED) is 0.666. The summed E-state index contributed by atoms with van der Waals surface area (Å²) in [6, 6.07) is 6.14. The topological polar surface area (TPSA) is 61.2 Å². The molecule has 5 nitrogen and oxygen atoms in total. The lowest BCUT2D eigenvalue weighted by atomic mass is 9.93. The van der Waals surface area contributed by atoms with E-state index in [1.54, 1.807) is 4.90 Å². The maximum Gasteiger partial charge on any atom is 0.290 e. The van der Waals surface area contributed by atoms with Gasteiger partial charge in [-0.1, -0.05) is 6.07 Å². The van der Waals surface area contributed by atoms with Crippen molar-refractivity contribution in [3.63, 3.8) is 0 Å². The summed E-state index contributed by atoms with van der Waals surface area (Å²) in [5.74, 6) is 1.47. The minimum atomic E-state index is -0.377. The van der Waals surface area contributed by atoms with E-state index in [2.05, 4.69) is 11.4 Å². The largest absolute Gasteiger partial charge is 0.459 e. The number of anilines is 1. The van der Waals surface area contributed by atoms with Crippen LogP contribution in [0.5, 0.6) is 0 Å². The Hall–Kier alpha value is -1.62. The molecule has 122 valence electrons. The van der Waals surface area contributed by atoms with Gasteiger partial charge in [0.2, 0.25) is 0 Å². The highest BCUT2D eigenvalue weighted by Gasteiger charge is 2.19. The molecule has 0 amide bonds. The number of aromatic nitrogens is 1. The van der Waals surface area contributed by atoms with Crippen molar-refractivity contribution in [3.05, 3.63) is 23.9 Å². The van der Waals surface area contributed by atoms with Crippen LogP contribution in [0.3, 0.4) is 0 Å². The molecule has 0 unspecified atom stereocenters. The molecule has 1 aliphatic heterocycles. The normalized spacial score (nSPS) is 16.4. The third-order valence-corrected chi connectivity index (χ3v) is 3.80. The second-order valence-electron chi connectivity index (χ2n) is 6.96. The fraction of sp³-hybridized carbons (Fsp3) is 0.647. The fourth-order valence-corrected chi connectivity index (χ4v) is 2.61. The lowest BCUT2D eigenvalue weighted by Gasteiger charge is -2.27. The third-order valence-electron chi connectivity index (χ3n) is 3.80. The van der Waals surface area contributed by atoms with Gasteiger partial charge in [0.25, 0.3) is 6.02 Å². The zero-order valence-electron chi connectivity index (χ0n) is 14.1. The molecule has 1 saturated heterocycles. The number of nitrogens with zero attached hydrogens (tertiary/aromatic N) is 2. The first-order chi connectivity index (χ1) is 10.3. The Labute approximate surface area is 133 Å². The van der Waals surface area contributed by atoms with Crippen molar-refractivity contribution in [3.8, 4) is 0 Å². The molecule has 0 atom stereocenters. The third kappa shape index (κ3) is 4.98. The van der Waals surface area contributed by atoms with Crippen LogP contribution in [0.2, 0.25) is 0 Å². The summed E-state index contributed by atoms with van der Waals surface area (Å²) >= 11 is 0. The van der Waals surface area contributed by atoms with Crippen LogP contribution < -0.4 is 10.2 Å². The average Bonchev–Trinajstić information content (AvgIpc) is 2.46. The molecule has 22 heavy (non-hydrogen) atoms. The molecule has 0 spiro atoms. The van der Waals surface area contributed by atoms with Crippen molar-refractivity contribution < 1.29 is 4.74 Å². The molecule has 0 aromatic carbocycles. The van der Waals surface area contributed by atoms with E-state index in [9.17, 15) is 0 Å². The molecule has 0 radical (unpaired) electrons. The Kier molecular flexibility index (Phi) is 5.40. The molecule has 1 fully saturated rings. The summed E-state index contributed by atoms with van der Waals surface area (Å²) in [6.45, 7) is 8.03. The zero-order chi connectivity index (χ0) is 16.2. The van der Waals surface area contributed by atoms with E-state index in [0.717, 1.165) is 31.0 Å². The Morgan fingerprint density at radius 2 is 2.05 bits per heavy atom. The first-order valence-corrected chi connectivity index (χ1v) is 8.03. The van der Waals surface area contributed by atoms with Gasteiger partial charge in [-0.25, -0.2) is 4.98 Å². The molecule has 0 saturated carbocycles. The van der Waals surface area contributed by atoms with Crippen LogP contribution in [0.15, 0.2) is 18.2 Å². The minimum Gasteiger partial charge on any atom is -0.459 e. The molecule has 0 bridgehead atoms. The summed E-state index contributed by atoms with van der Waals surface area (Å²) in [5, 5.41) is 11.5. The molecule has 5 heteroatoms. The van der Waals surface area contributed by atoms with E-state index >= 15 is 0 Å². The monoisotopic (exact) mass is 304 g/mol. The summed E-state index contributed by atoms with van der Waals surface area (Å²) in [7, 11) is 1.82. The molecule has 2 heterocycles. The van der Waals surface area contributed by atoms with Gasteiger partial charge in [-0.15, -0.1) is 0 Å². The van der Waals surface area contributed by atoms with Crippen LogP contribution in [0.1, 0.15) is 39.3 Å². The summed E-state index contributed by atoms with van der Waals surface area (Å²) < 4.78 is 5.60. The minimum absolute atomic E-state index is 0.124. The van der Waals surface area contributed by atoms with Crippen molar-refractivity contribution in [2.75, 3.05) is 25.0 Å². The zero-order valence-corrected chi connectivity index (χ0v) is 14.1. The Morgan fingerprint density at radius 3 is 2.68 bits per heavy atom. The van der Waals surface area contributed by atoms with Gasteiger partial charge >= 0.3 is 0 Å². The number of nitrogens with one attached hydrogen (secondary N) is 2. The number of amidine groups is 1. The highest BCUT2D eigenvalue weighted by atomic mass is 16.5. The van der Waals surface area contributed by atoms with Gasteiger partial charge in [-0.3, -0.25) is 10.3 Å². The Bertz CT molecular complexity index is 504. The number of pyridine rings is 1. The van der Waals surface area contributed by atoms with Gasteiger partial charge in [0.1, 0.15) is 11.4 Å². The van der Waals surface area contributed by atoms with Crippen LogP contribution >= 0.6 is 0 Å². The number of ether oxygens (including phenoxy) is 1. The lowest BCUT2D eigenvalue weighted by Crippen LogP contribution is -2.35. The molecular formula is C17H28N4O. The highest BCUT2D eigenvalue weighted by Crippen LogP contribution is 2.19. The van der Waals surface area contributed by atoms with Gasteiger partial charge in [0.15, 0.2) is 0 Å². The van der Waals surface area contributed by atoms with Gasteiger partial charge in [0.05, 0.1) is 0 Å². The van der Waals surface area contributed by atoms with Gasteiger partial charge in [0, 0.05) is 12.7 Å². The van der Waals surface area contributed by atoms with E-state index in [1.165, 1.54) is 12.8 Å². The maximum atomic E-state index is 8.07. The standard InChI is InChI=1S/C17H28N4O/c1-17(2,3)22-16(18)21(4)15-7-5-6-14(20-15)12-13-8-10-19-11-9-13/h5-7,13,18-19H,8-12H2,1-4H3. The number of piperidine rings is 1. The molecular weight excluding hydrogens is 276 g/mol. The maximum absolute atomic E-state index is 8.07. The van der Waals surface area contributed by atoms with Crippen LogP contribution in [0.25, 0.3) is 0 Å². The molecule has 1 aromatic heterocycles. The first-order valence-electron chi connectivity index (χ1n) is 8.03. The molecule has 2 N–H and O–H groups in total. The number of rotatable bonds is 3. The smallest absolute Gasteiger partial charge is 0.290 e. The van der Waals surface area contributed by atoms with E-state index in [4.69, 9.17) is 15.1 Å². The van der Waals surface area contributed by atoms with Crippen molar-refractivity contribution >= 4 is 11.8 Å². The van der Waals surface area contributed by atoms with Crippen LogP contribution in [-0.4, -0.2) is 36.7 Å². The summed E-state index contributed by atoms with van der Waals surface area (Å²) in [5.41, 5.74) is 0.720. The van der Waals surface area contributed by atoms with E-state index in [0.29, 0.717) is 5.92 Å². The SMILES string of the molecule is CN(C(=N)OC(C)(C)C)c1cccc(CC2CCNCC2)n1. The van der Waals surface area contributed by atoms with Crippen LogP contribution in [0, 0.1) is 11.3 Å². The predicted molar refractivity (Wildman–Crippen MR) is 90.5 cm³/mol. The van der Waals surface area contributed by atoms with E-state index in [-0.39, 0.29) is 11.6 Å². The Balaban J connectivity index is 2.02. The van der Waals surface area contributed by atoms with Gasteiger partial charge in [-0.2, -0.15) is 0 Å². The van der Waals surface area contributed by atoms with Crippen molar-refractivity contribution in [1.82, 2.24) is 10.3 Å². The summed E-state index contributed by atoms with van der Waals surface area (Å²) in [6.07, 6.45) is 3.44.